The van der Waals surface area contributed by atoms with Crippen molar-refractivity contribution in [2.45, 2.75) is 25.5 Å². The van der Waals surface area contributed by atoms with Gasteiger partial charge in [-0.15, -0.1) is 16.7 Å². The molecule has 1 heterocycles. The summed E-state index contributed by atoms with van der Waals surface area (Å²) in [6, 6.07) is 0. The number of hydrogen-bond donors (Lipinski definition) is 0. The summed E-state index contributed by atoms with van der Waals surface area (Å²) in [5, 5.41) is 8.02. The highest BCUT2D eigenvalue weighted by molar-refractivity contribution is 6.16. The lowest BCUT2D eigenvalue weighted by molar-refractivity contribution is 0.107. The first-order chi connectivity index (χ1) is 7.24. The molecule has 1 rings (SSSR count). The van der Waals surface area contributed by atoms with Gasteiger partial charge in [0, 0.05) is 14.2 Å². The van der Waals surface area contributed by atoms with Crippen molar-refractivity contribution in [3.8, 4) is 0 Å². The van der Waals surface area contributed by atoms with Crippen molar-refractivity contribution in [2.24, 2.45) is 0 Å². The predicted molar refractivity (Wildman–Crippen MR) is 56.9 cm³/mol. The van der Waals surface area contributed by atoms with E-state index in [2.05, 4.69) is 10.3 Å². The van der Waals surface area contributed by atoms with E-state index in [1.165, 1.54) is 0 Å². The maximum absolute atomic E-state index is 5.78. The Bertz CT molecular complexity index is 304. The minimum Gasteiger partial charge on any atom is -0.383 e. The maximum Gasteiger partial charge on any atom is 0.103 e. The van der Waals surface area contributed by atoms with Gasteiger partial charge in [0.2, 0.25) is 0 Å². The second-order valence-electron chi connectivity index (χ2n) is 3.15. The van der Waals surface area contributed by atoms with E-state index in [4.69, 9.17) is 21.1 Å². The number of hydrogen-bond acceptors (Lipinski definition) is 4. The van der Waals surface area contributed by atoms with Crippen LogP contribution in [0.1, 0.15) is 24.4 Å². The lowest BCUT2D eigenvalue weighted by atomic mass is 10.2. The Morgan fingerprint density at radius 3 is 2.73 bits per heavy atom. The third-order valence-electron chi connectivity index (χ3n) is 2.22. The monoisotopic (exact) mass is 233 g/mol. The molecule has 0 fully saturated rings. The van der Waals surface area contributed by atoms with Gasteiger partial charge in [0.25, 0.3) is 0 Å². The number of rotatable bonds is 6. The largest absolute Gasteiger partial charge is 0.383 e. The predicted octanol–water partition coefficient (Wildman–Crippen LogP) is 1.37. The Hall–Kier alpha value is -0.650. The molecule has 15 heavy (non-hydrogen) atoms. The van der Waals surface area contributed by atoms with Gasteiger partial charge < -0.3 is 9.47 Å². The molecule has 0 saturated heterocycles. The Balaban J connectivity index is 2.89. The molecule has 0 bridgehead atoms. The van der Waals surface area contributed by atoms with E-state index in [-0.39, 0.29) is 6.10 Å². The van der Waals surface area contributed by atoms with Crippen LogP contribution in [-0.4, -0.2) is 35.8 Å². The zero-order chi connectivity index (χ0) is 11.3. The van der Waals surface area contributed by atoms with Gasteiger partial charge in [-0.05, 0) is 6.92 Å². The van der Waals surface area contributed by atoms with Crippen LogP contribution in [0, 0.1) is 0 Å². The van der Waals surface area contributed by atoms with Gasteiger partial charge in [-0.2, -0.15) is 0 Å². The number of nitrogens with zero attached hydrogens (tertiary/aromatic N) is 3. The zero-order valence-corrected chi connectivity index (χ0v) is 9.99. The van der Waals surface area contributed by atoms with Gasteiger partial charge in [0.05, 0.1) is 30.8 Å². The average Bonchev–Trinajstić information content (AvgIpc) is 2.68. The minimum atomic E-state index is -0.0643. The molecule has 0 aromatic carbocycles. The number of alkyl halides is 1. The molecular formula is C9H16ClN3O2. The highest BCUT2D eigenvalue weighted by atomic mass is 35.5. The van der Waals surface area contributed by atoms with Gasteiger partial charge in [0.15, 0.2) is 0 Å². The van der Waals surface area contributed by atoms with Crippen molar-refractivity contribution < 1.29 is 9.47 Å². The molecule has 0 aliphatic rings. The molecule has 0 aliphatic heterocycles. The van der Waals surface area contributed by atoms with Crippen LogP contribution in [-0.2, 0) is 21.9 Å². The first-order valence-electron chi connectivity index (χ1n) is 4.74. The van der Waals surface area contributed by atoms with Crippen LogP contribution < -0.4 is 0 Å². The fraction of sp³-hybridized carbons (Fsp3) is 0.778. The molecule has 5 nitrogen and oxygen atoms in total. The first kappa shape index (κ1) is 12.4. The van der Waals surface area contributed by atoms with Crippen LogP contribution in [0.3, 0.4) is 0 Å². The average molecular weight is 234 g/mol. The summed E-state index contributed by atoms with van der Waals surface area (Å²) in [7, 11) is 3.30. The zero-order valence-electron chi connectivity index (χ0n) is 9.23. The SMILES string of the molecule is COCCn1nnc(CCl)c1C(C)OC. The third-order valence-corrected chi connectivity index (χ3v) is 2.47. The second-order valence-corrected chi connectivity index (χ2v) is 3.42. The molecular weight excluding hydrogens is 218 g/mol. The van der Waals surface area contributed by atoms with E-state index >= 15 is 0 Å². The molecule has 0 aliphatic carbocycles. The maximum atomic E-state index is 5.78. The Morgan fingerprint density at radius 1 is 1.47 bits per heavy atom. The second kappa shape index (κ2) is 6.05. The highest BCUT2D eigenvalue weighted by Crippen LogP contribution is 2.19. The fourth-order valence-electron chi connectivity index (χ4n) is 1.35. The van der Waals surface area contributed by atoms with Crippen LogP contribution in [0.4, 0.5) is 0 Å². The molecule has 0 radical (unpaired) electrons. The summed E-state index contributed by atoms with van der Waals surface area (Å²) in [5.74, 6) is 0.343. The van der Waals surface area contributed by atoms with Crippen LogP contribution in [0.5, 0.6) is 0 Å². The number of methoxy groups -OCH3 is 2. The van der Waals surface area contributed by atoms with Crippen LogP contribution in [0.2, 0.25) is 0 Å². The van der Waals surface area contributed by atoms with Crippen molar-refractivity contribution in [1.29, 1.82) is 0 Å². The molecule has 0 spiro atoms. The van der Waals surface area contributed by atoms with E-state index in [0.29, 0.717) is 19.0 Å². The molecule has 1 aromatic heterocycles. The van der Waals surface area contributed by atoms with E-state index in [9.17, 15) is 0 Å². The van der Waals surface area contributed by atoms with E-state index in [1.54, 1.807) is 18.9 Å². The Kier molecular flexibility index (Phi) is 5.01. The summed E-state index contributed by atoms with van der Waals surface area (Å²) in [6.45, 7) is 3.19. The Morgan fingerprint density at radius 2 is 2.20 bits per heavy atom. The van der Waals surface area contributed by atoms with Crippen molar-refractivity contribution in [2.75, 3.05) is 20.8 Å². The number of aromatic nitrogens is 3. The molecule has 1 atom stereocenters. The van der Waals surface area contributed by atoms with E-state index < -0.39 is 0 Å². The van der Waals surface area contributed by atoms with Crippen LogP contribution in [0.15, 0.2) is 0 Å². The number of ether oxygens (including phenoxy) is 2. The minimum absolute atomic E-state index is 0.0643. The first-order valence-corrected chi connectivity index (χ1v) is 5.28. The fourth-order valence-corrected chi connectivity index (χ4v) is 1.54. The summed E-state index contributed by atoms with van der Waals surface area (Å²) in [5.41, 5.74) is 1.69. The van der Waals surface area contributed by atoms with Crippen molar-refractivity contribution in [1.82, 2.24) is 15.0 Å². The van der Waals surface area contributed by atoms with E-state index in [1.807, 2.05) is 6.92 Å². The summed E-state index contributed by atoms with van der Waals surface area (Å²) in [6.07, 6.45) is -0.0643. The Labute approximate surface area is 94.3 Å². The van der Waals surface area contributed by atoms with Gasteiger partial charge in [-0.1, -0.05) is 5.21 Å². The smallest absolute Gasteiger partial charge is 0.103 e. The van der Waals surface area contributed by atoms with E-state index in [0.717, 1.165) is 11.4 Å². The summed E-state index contributed by atoms with van der Waals surface area (Å²) < 4.78 is 12.0. The molecule has 86 valence electrons. The van der Waals surface area contributed by atoms with Gasteiger partial charge in [-0.25, -0.2) is 4.68 Å². The number of halogens is 1. The molecule has 6 heteroatoms. The quantitative estimate of drug-likeness (QED) is 0.697. The van der Waals surface area contributed by atoms with Crippen molar-refractivity contribution in [3.63, 3.8) is 0 Å². The lowest BCUT2D eigenvalue weighted by Crippen LogP contribution is -2.13. The standard InChI is InChI=1S/C9H16ClN3O2/c1-7(15-3)9-8(6-10)11-12-13(9)4-5-14-2/h7H,4-6H2,1-3H3. The lowest BCUT2D eigenvalue weighted by Gasteiger charge is -2.12. The summed E-state index contributed by atoms with van der Waals surface area (Å²) >= 11 is 5.78. The molecule has 0 saturated carbocycles. The molecule has 0 N–H and O–H groups in total. The van der Waals surface area contributed by atoms with Crippen LogP contribution >= 0.6 is 11.6 Å². The molecule has 1 unspecified atom stereocenters. The summed E-state index contributed by atoms with van der Waals surface area (Å²) in [4.78, 5) is 0. The van der Waals surface area contributed by atoms with Gasteiger partial charge in [-0.3, -0.25) is 0 Å². The van der Waals surface area contributed by atoms with Crippen molar-refractivity contribution in [3.05, 3.63) is 11.4 Å². The van der Waals surface area contributed by atoms with Gasteiger partial charge >= 0.3 is 0 Å². The van der Waals surface area contributed by atoms with Crippen molar-refractivity contribution >= 4 is 11.6 Å². The molecule has 1 aromatic rings. The third kappa shape index (κ3) is 2.90. The normalized spacial score (nSPS) is 13.1. The topological polar surface area (TPSA) is 49.2 Å². The highest BCUT2D eigenvalue weighted by Gasteiger charge is 2.17. The molecule has 0 amide bonds. The van der Waals surface area contributed by atoms with Gasteiger partial charge in [0.1, 0.15) is 5.69 Å². The van der Waals surface area contributed by atoms with Crippen LogP contribution in [0.25, 0.3) is 0 Å².